The van der Waals surface area contributed by atoms with Gasteiger partial charge in [0.15, 0.2) is 0 Å². The van der Waals surface area contributed by atoms with Crippen molar-refractivity contribution in [3.63, 3.8) is 0 Å². The smallest absolute Gasteiger partial charge is 0.252 e. The monoisotopic (exact) mass is 270 g/mol. The first-order chi connectivity index (χ1) is 9.75. The molecule has 5 heteroatoms. The van der Waals surface area contributed by atoms with Crippen LogP contribution < -0.4 is 10.6 Å². The number of amides is 1. The van der Waals surface area contributed by atoms with Gasteiger partial charge in [0.2, 0.25) is 0 Å². The molecule has 2 heterocycles. The van der Waals surface area contributed by atoms with Crippen molar-refractivity contribution >= 4 is 11.6 Å². The third kappa shape index (κ3) is 2.39. The molecular weight excluding hydrogens is 252 g/mol. The van der Waals surface area contributed by atoms with Crippen LogP contribution in [0.15, 0.2) is 30.6 Å². The molecule has 1 aromatic heterocycles. The van der Waals surface area contributed by atoms with Gasteiger partial charge in [-0.2, -0.15) is 5.10 Å². The van der Waals surface area contributed by atoms with Crippen LogP contribution >= 0.6 is 0 Å². The number of aromatic amines is 1. The lowest BCUT2D eigenvalue weighted by Crippen LogP contribution is -2.28. The number of nitrogens with zero attached hydrogens (tertiary/aromatic N) is 1. The molecule has 1 unspecified atom stereocenters. The van der Waals surface area contributed by atoms with E-state index in [2.05, 4.69) is 20.8 Å². The number of carbonyl (C=O) groups is 1. The van der Waals surface area contributed by atoms with E-state index in [0.717, 1.165) is 41.8 Å². The minimum absolute atomic E-state index is 0.0285. The molecule has 3 N–H and O–H groups in total. The van der Waals surface area contributed by atoms with Gasteiger partial charge < -0.3 is 10.6 Å². The summed E-state index contributed by atoms with van der Waals surface area (Å²) in [4.78, 5) is 12.5. The Balaban J connectivity index is 1.81. The number of carbonyl (C=O) groups excluding carboxylic acids is 1. The van der Waals surface area contributed by atoms with E-state index in [1.807, 2.05) is 25.1 Å². The highest BCUT2D eigenvalue weighted by Gasteiger charge is 2.19. The van der Waals surface area contributed by atoms with E-state index in [1.54, 1.807) is 12.4 Å². The predicted octanol–water partition coefficient (Wildman–Crippen LogP) is 2.26. The van der Waals surface area contributed by atoms with Crippen LogP contribution in [-0.2, 0) is 6.42 Å². The second-order valence-corrected chi connectivity index (χ2v) is 5.09. The molecule has 20 heavy (non-hydrogen) atoms. The molecule has 2 aromatic rings. The fourth-order valence-corrected chi connectivity index (χ4v) is 2.58. The number of hydrogen-bond acceptors (Lipinski definition) is 3. The van der Waals surface area contributed by atoms with Crippen LogP contribution in [0.4, 0.5) is 5.69 Å². The summed E-state index contributed by atoms with van der Waals surface area (Å²) in [6, 6.07) is 5.79. The normalized spacial score (nSPS) is 15.1. The molecule has 0 saturated carbocycles. The fraction of sp³-hybridized carbons (Fsp3) is 0.333. The Labute approximate surface area is 117 Å². The molecule has 1 aliphatic rings. The van der Waals surface area contributed by atoms with E-state index in [9.17, 15) is 4.79 Å². The highest BCUT2D eigenvalue weighted by Crippen LogP contribution is 2.25. The average Bonchev–Trinajstić information content (AvgIpc) is 3.01. The number of nitrogens with one attached hydrogen (secondary N) is 3. The van der Waals surface area contributed by atoms with E-state index in [4.69, 9.17) is 0 Å². The van der Waals surface area contributed by atoms with Crippen LogP contribution in [0, 0.1) is 0 Å². The van der Waals surface area contributed by atoms with Crippen molar-refractivity contribution in [1.82, 2.24) is 15.5 Å². The van der Waals surface area contributed by atoms with Crippen molar-refractivity contribution in [3.05, 3.63) is 47.3 Å². The molecule has 104 valence electrons. The lowest BCUT2D eigenvalue weighted by molar-refractivity contribution is 0.0939. The summed E-state index contributed by atoms with van der Waals surface area (Å²) in [5, 5.41) is 13.0. The van der Waals surface area contributed by atoms with Gasteiger partial charge in [-0.05, 0) is 37.5 Å². The lowest BCUT2D eigenvalue weighted by atomic mass is 9.97. The first-order valence-corrected chi connectivity index (χ1v) is 6.91. The van der Waals surface area contributed by atoms with Gasteiger partial charge in [0.05, 0.1) is 12.2 Å². The highest BCUT2D eigenvalue weighted by atomic mass is 16.1. The number of aromatic nitrogens is 2. The summed E-state index contributed by atoms with van der Waals surface area (Å²) in [5.74, 6) is -0.0285. The van der Waals surface area contributed by atoms with Crippen molar-refractivity contribution in [3.8, 4) is 0 Å². The molecule has 0 fully saturated rings. The van der Waals surface area contributed by atoms with Crippen molar-refractivity contribution in [2.75, 3.05) is 11.9 Å². The Bertz CT molecular complexity index is 606. The van der Waals surface area contributed by atoms with E-state index in [-0.39, 0.29) is 11.9 Å². The Hall–Kier alpha value is -2.30. The Kier molecular flexibility index (Phi) is 3.41. The number of benzene rings is 1. The van der Waals surface area contributed by atoms with E-state index in [1.165, 1.54) is 0 Å². The van der Waals surface area contributed by atoms with Crippen molar-refractivity contribution < 1.29 is 4.79 Å². The molecule has 3 rings (SSSR count). The molecule has 0 radical (unpaired) electrons. The van der Waals surface area contributed by atoms with Gasteiger partial charge in [-0.15, -0.1) is 0 Å². The first kappa shape index (κ1) is 12.7. The number of H-pyrrole nitrogens is 1. The molecule has 0 saturated heterocycles. The molecule has 1 aromatic carbocycles. The number of rotatable bonds is 3. The standard InChI is InChI=1S/C15H18N4O/c1-10(11-8-17-18-9-11)19-15(20)13-4-2-6-14-12(13)5-3-7-16-14/h2,4,6,8-10,16H,3,5,7H2,1H3,(H,17,18)(H,19,20). The molecule has 0 bridgehead atoms. The fourth-order valence-electron chi connectivity index (χ4n) is 2.58. The van der Waals surface area contributed by atoms with Gasteiger partial charge >= 0.3 is 0 Å². The van der Waals surface area contributed by atoms with E-state index < -0.39 is 0 Å². The van der Waals surface area contributed by atoms with Gasteiger partial charge in [-0.1, -0.05) is 6.07 Å². The van der Waals surface area contributed by atoms with E-state index >= 15 is 0 Å². The molecular formula is C15H18N4O. The topological polar surface area (TPSA) is 69.8 Å². The van der Waals surface area contributed by atoms with Gasteiger partial charge in [0, 0.05) is 29.6 Å². The first-order valence-electron chi connectivity index (χ1n) is 6.91. The second kappa shape index (κ2) is 5.36. The lowest BCUT2D eigenvalue weighted by Gasteiger charge is -2.21. The zero-order valence-electron chi connectivity index (χ0n) is 11.4. The second-order valence-electron chi connectivity index (χ2n) is 5.09. The summed E-state index contributed by atoms with van der Waals surface area (Å²) >= 11 is 0. The minimum atomic E-state index is -0.0614. The predicted molar refractivity (Wildman–Crippen MR) is 77.7 cm³/mol. The van der Waals surface area contributed by atoms with Gasteiger partial charge in [0.1, 0.15) is 0 Å². The molecule has 1 aliphatic heterocycles. The van der Waals surface area contributed by atoms with Crippen LogP contribution in [0.25, 0.3) is 0 Å². The van der Waals surface area contributed by atoms with Gasteiger partial charge in [-0.3, -0.25) is 9.89 Å². The maximum Gasteiger partial charge on any atom is 0.252 e. The van der Waals surface area contributed by atoms with Crippen LogP contribution in [0.5, 0.6) is 0 Å². The van der Waals surface area contributed by atoms with Crippen LogP contribution in [0.3, 0.4) is 0 Å². The summed E-state index contributed by atoms with van der Waals surface area (Å²) in [6.07, 6.45) is 5.54. The largest absolute Gasteiger partial charge is 0.385 e. The summed E-state index contributed by atoms with van der Waals surface area (Å²) in [5.41, 5.74) is 3.95. The Morgan fingerprint density at radius 1 is 1.45 bits per heavy atom. The van der Waals surface area contributed by atoms with E-state index in [0.29, 0.717) is 0 Å². The summed E-state index contributed by atoms with van der Waals surface area (Å²) in [6.45, 7) is 2.93. The molecule has 0 aliphatic carbocycles. The maximum atomic E-state index is 12.5. The molecule has 0 spiro atoms. The van der Waals surface area contributed by atoms with Crippen molar-refractivity contribution in [2.24, 2.45) is 0 Å². The third-order valence-corrected chi connectivity index (χ3v) is 3.71. The van der Waals surface area contributed by atoms with Crippen LogP contribution in [0.1, 0.15) is 40.9 Å². The highest BCUT2D eigenvalue weighted by molar-refractivity contribution is 5.97. The molecule has 1 atom stereocenters. The summed E-state index contributed by atoms with van der Waals surface area (Å²) in [7, 11) is 0. The van der Waals surface area contributed by atoms with Crippen molar-refractivity contribution in [2.45, 2.75) is 25.8 Å². The minimum Gasteiger partial charge on any atom is -0.385 e. The van der Waals surface area contributed by atoms with Gasteiger partial charge in [-0.25, -0.2) is 0 Å². The number of fused-ring (bicyclic) bond motifs is 1. The zero-order valence-corrected chi connectivity index (χ0v) is 11.4. The Morgan fingerprint density at radius 2 is 2.35 bits per heavy atom. The third-order valence-electron chi connectivity index (χ3n) is 3.71. The Morgan fingerprint density at radius 3 is 3.15 bits per heavy atom. The summed E-state index contributed by atoms with van der Waals surface area (Å²) < 4.78 is 0. The van der Waals surface area contributed by atoms with Crippen LogP contribution in [-0.4, -0.2) is 22.6 Å². The maximum absolute atomic E-state index is 12.5. The van der Waals surface area contributed by atoms with Crippen molar-refractivity contribution in [1.29, 1.82) is 0 Å². The van der Waals surface area contributed by atoms with Crippen LogP contribution in [0.2, 0.25) is 0 Å². The zero-order chi connectivity index (χ0) is 13.9. The average molecular weight is 270 g/mol. The number of anilines is 1. The number of hydrogen-bond donors (Lipinski definition) is 3. The molecule has 5 nitrogen and oxygen atoms in total. The molecule has 1 amide bonds. The van der Waals surface area contributed by atoms with Gasteiger partial charge in [0.25, 0.3) is 5.91 Å². The quantitative estimate of drug-likeness (QED) is 0.801. The SMILES string of the molecule is CC(NC(=O)c1cccc2c1CCCN2)c1cn[nH]c1.